The maximum Gasteiger partial charge on any atom is 0.230 e. The Morgan fingerprint density at radius 3 is 2.44 bits per heavy atom. The van der Waals surface area contributed by atoms with E-state index >= 15 is 0 Å². The van der Waals surface area contributed by atoms with E-state index in [-0.39, 0.29) is 5.41 Å². The second-order valence-corrected chi connectivity index (χ2v) is 6.10. The number of hydrogen-bond acceptors (Lipinski definition) is 2. The number of nitrogens with two attached hydrogens (primary N) is 1. The summed E-state index contributed by atoms with van der Waals surface area (Å²) in [6.07, 6.45) is 10.4. The third kappa shape index (κ3) is 2.56. The zero-order chi connectivity index (χ0) is 13.0. The molecular weight excluding hydrogens is 224 g/mol. The predicted octanol–water partition coefficient (Wildman–Crippen LogP) is 2.69. The molecule has 2 N–H and O–H groups in total. The summed E-state index contributed by atoms with van der Waals surface area (Å²) in [6, 6.07) is 0.476. The van der Waals surface area contributed by atoms with Crippen molar-refractivity contribution in [3.8, 4) is 0 Å². The van der Waals surface area contributed by atoms with E-state index in [9.17, 15) is 4.79 Å². The Morgan fingerprint density at radius 1 is 1.22 bits per heavy atom. The summed E-state index contributed by atoms with van der Waals surface area (Å²) in [5.74, 6) is 0.372. The van der Waals surface area contributed by atoms with Gasteiger partial charge in [-0.15, -0.1) is 0 Å². The molecule has 1 amide bonds. The van der Waals surface area contributed by atoms with Gasteiger partial charge in [-0.05, 0) is 32.1 Å². The molecule has 0 aromatic carbocycles. The van der Waals surface area contributed by atoms with Crippen LogP contribution in [-0.4, -0.2) is 29.9 Å². The van der Waals surface area contributed by atoms with E-state index in [1.807, 2.05) is 0 Å². The second kappa shape index (κ2) is 6.05. The molecule has 18 heavy (non-hydrogen) atoms. The van der Waals surface area contributed by atoms with Crippen LogP contribution in [0.1, 0.15) is 64.7 Å². The molecule has 0 bridgehead atoms. The molecule has 0 aromatic rings. The first-order valence-electron chi connectivity index (χ1n) is 7.74. The average Bonchev–Trinajstić information content (AvgIpc) is 2.74. The van der Waals surface area contributed by atoms with Gasteiger partial charge in [-0.1, -0.05) is 32.6 Å². The van der Waals surface area contributed by atoms with Crippen molar-refractivity contribution < 1.29 is 4.79 Å². The maximum absolute atomic E-state index is 12.9. The van der Waals surface area contributed by atoms with E-state index in [4.69, 9.17) is 5.73 Å². The molecule has 2 rings (SSSR count). The third-order valence-electron chi connectivity index (χ3n) is 5.01. The van der Waals surface area contributed by atoms with Crippen LogP contribution in [-0.2, 0) is 4.79 Å². The Morgan fingerprint density at radius 2 is 1.89 bits per heavy atom. The molecule has 2 aliphatic rings. The summed E-state index contributed by atoms with van der Waals surface area (Å²) >= 11 is 0. The molecule has 0 radical (unpaired) electrons. The van der Waals surface area contributed by atoms with Gasteiger partial charge in [0.1, 0.15) is 0 Å². The van der Waals surface area contributed by atoms with Crippen LogP contribution >= 0.6 is 0 Å². The first kappa shape index (κ1) is 13.9. The van der Waals surface area contributed by atoms with E-state index in [1.54, 1.807) is 0 Å². The summed E-state index contributed by atoms with van der Waals surface area (Å²) in [5.41, 5.74) is 5.79. The Hall–Kier alpha value is -0.570. The van der Waals surface area contributed by atoms with Crippen LogP contribution in [0.3, 0.4) is 0 Å². The highest BCUT2D eigenvalue weighted by Crippen LogP contribution is 2.38. The average molecular weight is 252 g/mol. The summed E-state index contributed by atoms with van der Waals surface area (Å²) in [5, 5.41) is 0. The Bertz CT molecular complexity index is 282. The van der Waals surface area contributed by atoms with Crippen molar-refractivity contribution in [2.45, 2.75) is 70.8 Å². The van der Waals surface area contributed by atoms with Gasteiger partial charge >= 0.3 is 0 Å². The van der Waals surface area contributed by atoms with Crippen LogP contribution in [0.5, 0.6) is 0 Å². The lowest BCUT2D eigenvalue weighted by Gasteiger charge is -2.36. The highest BCUT2D eigenvalue weighted by Gasteiger charge is 2.42. The van der Waals surface area contributed by atoms with Crippen molar-refractivity contribution >= 4 is 5.91 Å². The molecule has 1 heterocycles. The van der Waals surface area contributed by atoms with Gasteiger partial charge in [0.2, 0.25) is 5.91 Å². The minimum Gasteiger partial charge on any atom is -0.339 e. The van der Waals surface area contributed by atoms with Gasteiger partial charge in [-0.2, -0.15) is 0 Å². The molecule has 0 aromatic heterocycles. The topological polar surface area (TPSA) is 46.3 Å². The largest absolute Gasteiger partial charge is 0.339 e. The monoisotopic (exact) mass is 252 g/mol. The Labute approximate surface area is 111 Å². The molecule has 104 valence electrons. The lowest BCUT2D eigenvalue weighted by atomic mass is 9.78. The van der Waals surface area contributed by atoms with Crippen molar-refractivity contribution in [3.63, 3.8) is 0 Å². The molecule has 1 atom stereocenters. The number of carbonyl (C=O) groups excluding carboxylic acids is 1. The highest BCUT2D eigenvalue weighted by atomic mass is 16.2. The van der Waals surface area contributed by atoms with E-state index in [0.29, 0.717) is 18.5 Å². The Balaban J connectivity index is 2.12. The molecular formula is C15H28N2O. The van der Waals surface area contributed by atoms with E-state index in [1.165, 1.54) is 38.5 Å². The van der Waals surface area contributed by atoms with Crippen molar-refractivity contribution in [2.75, 3.05) is 13.1 Å². The van der Waals surface area contributed by atoms with Crippen molar-refractivity contribution in [3.05, 3.63) is 0 Å². The molecule has 1 unspecified atom stereocenters. The molecule has 1 aliphatic heterocycles. The summed E-state index contributed by atoms with van der Waals surface area (Å²) in [6.45, 7) is 3.69. The SMILES string of the molecule is CCC1CCCN1C(=O)C1(CN)CCCCCC1. The predicted molar refractivity (Wildman–Crippen MR) is 74.2 cm³/mol. The zero-order valence-electron chi connectivity index (χ0n) is 11.8. The molecule has 3 heteroatoms. The van der Waals surface area contributed by atoms with Gasteiger partial charge in [0.05, 0.1) is 5.41 Å². The van der Waals surface area contributed by atoms with Crippen LogP contribution in [0.25, 0.3) is 0 Å². The fraction of sp³-hybridized carbons (Fsp3) is 0.933. The fourth-order valence-electron chi connectivity index (χ4n) is 3.74. The first-order valence-corrected chi connectivity index (χ1v) is 7.74. The standard InChI is InChI=1S/C15H28N2O/c1-2-13-8-7-11-17(13)14(18)15(12-16)9-5-3-4-6-10-15/h13H,2-12,16H2,1H3. The minimum absolute atomic E-state index is 0.228. The Kier molecular flexibility index (Phi) is 4.66. The lowest BCUT2D eigenvalue weighted by Crippen LogP contribution is -2.49. The fourth-order valence-corrected chi connectivity index (χ4v) is 3.74. The molecule has 3 nitrogen and oxygen atoms in total. The minimum atomic E-state index is -0.228. The number of likely N-dealkylation sites (tertiary alicyclic amines) is 1. The number of carbonyl (C=O) groups is 1. The normalized spacial score (nSPS) is 28.1. The van der Waals surface area contributed by atoms with Gasteiger partial charge in [0, 0.05) is 19.1 Å². The van der Waals surface area contributed by atoms with Crippen LogP contribution in [0.2, 0.25) is 0 Å². The number of amides is 1. The zero-order valence-corrected chi connectivity index (χ0v) is 11.8. The molecule has 1 aliphatic carbocycles. The summed E-state index contributed by atoms with van der Waals surface area (Å²) in [7, 11) is 0. The summed E-state index contributed by atoms with van der Waals surface area (Å²) in [4.78, 5) is 15.1. The van der Waals surface area contributed by atoms with E-state index in [2.05, 4.69) is 11.8 Å². The van der Waals surface area contributed by atoms with Gasteiger partial charge in [-0.3, -0.25) is 4.79 Å². The van der Waals surface area contributed by atoms with Crippen LogP contribution in [0.15, 0.2) is 0 Å². The van der Waals surface area contributed by atoms with Crippen molar-refractivity contribution in [1.29, 1.82) is 0 Å². The first-order chi connectivity index (χ1) is 8.73. The molecule has 1 saturated carbocycles. The van der Waals surface area contributed by atoms with Crippen LogP contribution in [0, 0.1) is 5.41 Å². The third-order valence-corrected chi connectivity index (χ3v) is 5.01. The van der Waals surface area contributed by atoms with E-state index in [0.717, 1.165) is 25.8 Å². The van der Waals surface area contributed by atoms with Gasteiger partial charge in [0.15, 0.2) is 0 Å². The maximum atomic E-state index is 12.9. The van der Waals surface area contributed by atoms with Gasteiger partial charge in [-0.25, -0.2) is 0 Å². The molecule has 0 spiro atoms. The second-order valence-electron chi connectivity index (χ2n) is 6.10. The smallest absolute Gasteiger partial charge is 0.230 e. The molecule has 2 fully saturated rings. The number of hydrogen-bond donors (Lipinski definition) is 1. The van der Waals surface area contributed by atoms with Gasteiger partial charge in [0.25, 0.3) is 0 Å². The van der Waals surface area contributed by atoms with Crippen molar-refractivity contribution in [1.82, 2.24) is 4.90 Å². The van der Waals surface area contributed by atoms with Crippen LogP contribution < -0.4 is 5.73 Å². The summed E-state index contributed by atoms with van der Waals surface area (Å²) < 4.78 is 0. The van der Waals surface area contributed by atoms with Crippen molar-refractivity contribution in [2.24, 2.45) is 11.1 Å². The van der Waals surface area contributed by atoms with Crippen LogP contribution in [0.4, 0.5) is 0 Å². The quantitative estimate of drug-likeness (QED) is 0.785. The lowest BCUT2D eigenvalue weighted by molar-refractivity contribution is -0.143. The number of rotatable bonds is 3. The highest BCUT2D eigenvalue weighted by molar-refractivity contribution is 5.83. The van der Waals surface area contributed by atoms with E-state index < -0.39 is 0 Å². The number of nitrogens with zero attached hydrogens (tertiary/aromatic N) is 1. The van der Waals surface area contributed by atoms with Gasteiger partial charge < -0.3 is 10.6 Å². The molecule has 1 saturated heterocycles.